The lowest BCUT2D eigenvalue weighted by Crippen LogP contribution is -2.19. The molecule has 7 nitrogen and oxygen atoms in total. The second-order valence-corrected chi connectivity index (χ2v) is 9.07. The van der Waals surface area contributed by atoms with E-state index in [1.54, 1.807) is 54.6 Å². The van der Waals surface area contributed by atoms with Crippen molar-refractivity contribution in [3.05, 3.63) is 92.3 Å². The van der Waals surface area contributed by atoms with Crippen LogP contribution < -0.4 is 14.8 Å². The molecule has 0 aromatic heterocycles. The van der Waals surface area contributed by atoms with Crippen molar-refractivity contribution in [2.24, 2.45) is 4.99 Å². The fourth-order valence-corrected chi connectivity index (χ4v) is 4.29. The fraction of sp³-hybridized carbons (Fsp3) is 0.0800. The number of carboxylic acid groups (broad SMARTS) is 1. The Balaban J connectivity index is 1.48. The minimum atomic E-state index is -0.982. The maximum Gasteiger partial charge on any atom is 0.335 e. The van der Waals surface area contributed by atoms with Crippen molar-refractivity contribution in [1.82, 2.24) is 5.32 Å². The molecule has 10 heteroatoms. The second-order valence-electron chi connectivity index (χ2n) is 7.26. The first-order chi connectivity index (χ1) is 16.8. The van der Waals surface area contributed by atoms with Crippen molar-refractivity contribution in [3.63, 3.8) is 0 Å². The van der Waals surface area contributed by atoms with E-state index in [2.05, 4.69) is 10.3 Å². The number of aliphatic imine (C=N–C) groups is 1. The van der Waals surface area contributed by atoms with E-state index in [9.17, 15) is 9.59 Å². The van der Waals surface area contributed by atoms with Gasteiger partial charge in [0.25, 0.3) is 5.91 Å². The van der Waals surface area contributed by atoms with Crippen molar-refractivity contribution >= 4 is 63.8 Å². The Labute approximate surface area is 215 Å². The average Bonchev–Trinajstić information content (AvgIpc) is 3.19. The van der Waals surface area contributed by atoms with Crippen LogP contribution in [0.1, 0.15) is 21.5 Å². The topological polar surface area (TPSA) is 97.2 Å². The number of carbonyl (C=O) groups is 2. The summed E-state index contributed by atoms with van der Waals surface area (Å²) in [5, 5.41) is 12.8. The van der Waals surface area contributed by atoms with Crippen LogP contribution in [0.25, 0.3) is 6.08 Å². The van der Waals surface area contributed by atoms with Crippen molar-refractivity contribution in [2.45, 2.75) is 6.61 Å². The summed E-state index contributed by atoms with van der Waals surface area (Å²) in [5.74, 6) is -0.261. The SMILES string of the molecule is COc1cc(/C=C2/SC(=Nc3cccc(Cl)c3Cl)NC2=O)ccc1OCc1ccc(C(=O)O)cc1. The van der Waals surface area contributed by atoms with Crippen molar-refractivity contribution in [2.75, 3.05) is 7.11 Å². The number of halogens is 2. The van der Waals surface area contributed by atoms with Crippen LogP contribution in [-0.2, 0) is 11.4 Å². The third-order valence-electron chi connectivity index (χ3n) is 4.88. The Bertz CT molecular complexity index is 1360. The number of benzene rings is 3. The molecule has 0 aliphatic carbocycles. The summed E-state index contributed by atoms with van der Waals surface area (Å²) in [6.45, 7) is 0.237. The molecule has 2 N–H and O–H groups in total. The van der Waals surface area contributed by atoms with Gasteiger partial charge in [0.2, 0.25) is 0 Å². The summed E-state index contributed by atoms with van der Waals surface area (Å²) >= 11 is 13.4. The highest BCUT2D eigenvalue weighted by Crippen LogP contribution is 2.35. The summed E-state index contributed by atoms with van der Waals surface area (Å²) in [6.07, 6.45) is 1.72. The normalized spacial score (nSPS) is 15.3. The zero-order valence-corrected chi connectivity index (χ0v) is 20.6. The molecule has 0 radical (unpaired) electrons. The zero-order valence-electron chi connectivity index (χ0n) is 18.2. The molecular formula is C25H18Cl2N2O5S. The molecule has 3 aromatic rings. The Hall–Kier alpha value is -3.46. The molecule has 0 spiro atoms. The minimum absolute atomic E-state index is 0.210. The highest BCUT2D eigenvalue weighted by Gasteiger charge is 2.24. The number of hydrogen-bond acceptors (Lipinski definition) is 6. The van der Waals surface area contributed by atoms with E-state index in [1.807, 2.05) is 0 Å². The van der Waals surface area contributed by atoms with Gasteiger partial charge in [-0.2, -0.15) is 0 Å². The smallest absolute Gasteiger partial charge is 0.335 e. The lowest BCUT2D eigenvalue weighted by molar-refractivity contribution is -0.115. The van der Waals surface area contributed by atoms with Crippen molar-refractivity contribution < 1.29 is 24.2 Å². The lowest BCUT2D eigenvalue weighted by Gasteiger charge is -2.11. The highest BCUT2D eigenvalue weighted by molar-refractivity contribution is 8.18. The molecule has 0 bridgehead atoms. The van der Waals surface area contributed by atoms with Crippen LogP contribution in [-0.4, -0.2) is 29.3 Å². The van der Waals surface area contributed by atoms with Crippen LogP contribution in [0.3, 0.4) is 0 Å². The van der Waals surface area contributed by atoms with E-state index in [4.69, 9.17) is 37.8 Å². The maximum atomic E-state index is 12.4. The van der Waals surface area contributed by atoms with Gasteiger partial charge in [0.1, 0.15) is 6.61 Å². The summed E-state index contributed by atoms with van der Waals surface area (Å²) in [7, 11) is 1.53. The van der Waals surface area contributed by atoms with Gasteiger partial charge in [0.15, 0.2) is 16.7 Å². The van der Waals surface area contributed by atoms with E-state index in [0.29, 0.717) is 37.3 Å². The van der Waals surface area contributed by atoms with Gasteiger partial charge >= 0.3 is 5.97 Å². The molecule has 0 saturated carbocycles. The third kappa shape index (κ3) is 5.97. The van der Waals surface area contributed by atoms with E-state index >= 15 is 0 Å². The number of nitrogens with one attached hydrogen (secondary N) is 1. The summed E-state index contributed by atoms with van der Waals surface area (Å²) in [4.78, 5) is 28.3. The minimum Gasteiger partial charge on any atom is -0.493 e. The van der Waals surface area contributed by atoms with E-state index in [0.717, 1.165) is 11.1 Å². The molecule has 1 heterocycles. The monoisotopic (exact) mass is 528 g/mol. The van der Waals surface area contributed by atoms with E-state index in [1.165, 1.54) is 31.0 Å². The number of thioether (sulfide) groups is 1. The number of nitrogens with zero attached hydrogens (tertiary/aromatic N) is 1. The van der Waals surface area contributed by atoms with Crippen LogP contribution in [0.4, 0.5) is 5.69 Å². The number of carboxylic acids is 1. The molecular weight excluding hydrogens is 511 g/mol. The number of methoxy groups -OCH3 is 1. The van der Waals surface area contributed by atoms with E-state index in [-0.39, 0.29) is 18.1 Å². The number of amides is 1. The predicted molar refractivity (Wildman–Crippen MR) is 138 cm³/mol. The van der Waals surface area contributed by atoms with Crippen molar-refractivity contribution in [1.29, 1.82) is 0 Å². The molecule has 35 heavy (non-hydrogen) atoms. The Kier molecular flexibility index (Phi) is 7.65. The molecule has 1 fully saturated rings. The van der Waals surface area contributed by atoms with Gasteiger partial charge in [-0.1, -0.05) is 47.5 Å². The molecule has 4 rings (SSSR count). The largest absolute Gasteiger partial charge is 0.493 e. The van der Waals surface area contributed by atoms with Crippen LogP contribution in [0.2, 0.25) is 10.0 Å². The number of hydrogen-bond donors (Lipinski definition) is 2. The second kappa shape index (κ2) is 10.9. The number of aromatic carboxylic acids is 1. The maximum absolute atomic E-state index is 12.4. The first-order valence-electron chi connectivity index (χ1n) is 10.2. The van der Waals surface area contributed by atoms with Crippen LogP contribution in [0.5, 0.6) is 11.5 Å². The summed E-state index contributed by atoms with van der Waals surface area (Å²) < 4.78 is 11.3. The standard InChI is InChI=1S/C25H18Cl2N2O5S/c1-33-20-11-15(7-10-19(20)34-13-14-5-8-16(9-6-14)24(31)32)12-21-23(30)29-25(35-21)28-18-4-2-3-17(26)22(18)27/h2-12H,13H2,1H3,(H,31,32)(H,28,29,30)/b21-12+. The molecule has 0 unspecified atom stereocenters. The van der Waals surface area contributed by atoms with Crippen molar-refractivity contribution in [3.8, 4) is 11.5 Å². The Morgan fingerprint density at radius 3 is 2.60 bits per heavy atom. The molecule has 3 aromatic carbocycles. The third-order valence-corrected chi connectivity index (χ3v) is 6.60. The average molecular weight is 529 g/mol. The van der Waals surface area contributed by atoms with Gasteiger partial charge < -0.3 is 19.9 Å². The fourth-order valence-electron chi connectivity index (χ4n) is 3.12. The quantitative estimate of drug-likeness (QED) is 0.356. The van der Waals surface area contributed by atoms with Crippen LogP contribution in [0.15, 0.2) is 70.6 Å². The number of ether oxygens (including phenoxy) is 2. The van der Waals surface area contributed by atoms with Gasteiger partial charge in [-0.3, -0.25) is 4.79 Å². The highest BCUT2D eigenvalue weighted by atomic mass is 35.5. The van der Waals surface area contributed by atoms with Gasteiger partial charge in [0.05, 0.1) is 33.3 Å². The van der Waals surface area contributed by atoms with Gasteiger partial charge in [-0.15, -0.1) is 0 Å². The van der Waals surface area contributed by atoms with E-state index < -0.39 is 5.97 Å². The molecule has 1 aliphatic heterocycles. The Morgan fingerprint density at radius 1 is 1.11 bits per heavy atom. The Morgan fingerprint density at radius 2 is 1.89 bits per heavy atom. The summed E-state index contributed by atoms with van der Waals surface area (Å²) in [5.41, 5.74) is 2.22. The lowest BCUT2D eigenvalue weighted by atomic mass is 10.1. The number of rotatable bonds is 7. The van der Waals surface area contributed by atoms with Gasteiger partial charge in [-0.05, 0) is 65.4 Å². The molecule has 178 valence electrons. The molecule has 1 aliphatic rings. The molecule has 1 saturated heterocycles. The van der Waals surface area contributed by atoms with Gasteiger partial charge in [0, 0.05) is 0 Å². The summed E-state index contributed by atoms with van der Waals surface area (Å²) in [6, 6.07) is 16.8. The van der Waals surface area contributed by atoms with Crippen LogP contribution >= 0.6 is 35.0 Å². The number of amidine groups is 1. The molecule has 0 atom stereocenters. The van der Waals surface area contributed by atoms with Crippen LogP contribution in [0, 0.1) is 0 Å². The zero-order chi connectivity index (χ0) is 24.9. The van der Waals surface area contributed by atoms with Gasteiger partial charge in [-0.25, -0.2) is 9.79 Å². The first kappa shape index (κ1) is 24.7. The predicted octanol–water partition coefficient (Wildman–Crippen LogP) is 6.17. The first-order valence-corrected chi connectivity index (χ1v) is 11.8. The molecule has 1 amide bonds. The number of carbonyl (C=O) groups excluding carboxylic acids is 1.